The molecule has 2 N–H and O–H groups in total. The number of hydrazone groups is 1. The second-order valence-corrected chi connectivity index (χ2v) is 8.18. The molecule has 3 rings (SSSR count). The highest BCUT2D eigenvalue weighted by Crippen LogP contribution is 2.16. The summed E-state index contributed by atoms with van der Waals surface area (Å²) in [6, 6.07) is 21.0. The average molecular weight is 515 g/mol. The van der Waals surface area contributed by atoms with Crippen LogP contribution in [0.15, 0.2) is 82.4 Å². The summed E-state index contributed by atoms with van der Waals surface area (Å²) >= 11 is 9.20. The molecule has 3 aromatic carbocycles. The number of hydrogen-bond donors (Lipinski definition) is 2. The number of ether oxygens (including phenoxy) is 1. The summed E-state index contributed by atoms with van der Waals surface area (Å²) in [5.41, 5.74) is 4.69. The van der Waals surface area contributed by atoms with Crippen molar-refractivity contribution in [2.45, 2.75) is 19.6 Å². The number of rotatable bonds is 8. The molecule has 1 atom stereocenters. The lowest BCUT2D eigenvalue weighted by Crippen LogP contribution is -2.43. The van der Waals surface area contributed by atoms with E-state index in [0.29, 0.717) is 27.4 Å². The summed E-state index contributed by atoms with van der Waals surface area (Å²) < 4.78 is 6.40. The number of nitrogens with zero attached hydrogens (tertiary/aromatic N) is 1. The summed E-state index contributed by atoms with van der Waals surface area (Å²) in [6.45, 7) is 2.02. The van der Waals surface area contributed by atoms with Crippen molar-refractivity contribution in [3.63, 3.8) is 0 Å². The Hall–Kier alpha value is -3.16. The Labute approximate surface area is 199 Å². The van der Waals surface area contributed by atoms with Crippen LogP contribution < -0.4 is 15.5 Å². The first-order valence-corrected chi connectivity index (χ1v) is 10.9. The molecule has 0 saturated carbocycles. The molecule has 0 fully saturated rings. The van der Waals surface area contributed by atoms with E-state index in [2.05, 4.69) is 31.8 Å². The van der Waals surface area contributed by atoms with Crippen molar-refractivity contribution in [2.75, 3.05) is 0 Å². The summed E-state index contributed by atoms with van der Waals surface area (Å²) in [4.78, 5) is 24.5. The van der Waals surface area contributed by atoms with Crippen molar-refractivity contribution in [3.8, 4) is 5.75 Å². The molecule has 0 aliphatic heterocycles. The lowest BCUT2D eigenvalue weighted by molar-refractivity contribution is -0.122. The molecule has 0 saturated heterocycles. The van der Waals surface area contributed by atoms with Crippen molar-refractivity contribution in [1.29, 1.82) is 0 Å². The minimum Gasteiger partial charge on any atom is -0.489 e. The summed E-state index contributed by atoms with van der Waals surface area (Å²) in [6.07, 6.45) is 1.52. The zero-order chi connectivity index (χ0) is 22.9. The highest BCUT2D eigenvalue weighted by molar-refractivity contribution is 9.10. The van der Waals surface area contributed by atoms with Gasteiger partial charge < -0.3 is 10.1 Å². The fraction of sp³-hybridized carbons (Fsp3) is 0.125. The number of carbonyl (C=O) groups excluding carboxylic acids is 2. The number of carbonyl (C=O) groups is 2. The quantitative estimate of drug-likeness (QED) is 0.330. The van der Waals surface area contributed by atoms with E-state index in [1.165, 1.54) is 6.21 Å². The molecule has 0 spiro atoms. The molecule has 0 radical (unpaired) electrons. The molecule has 3 aromatic rings. The maximum Gasteiger partial charge on any atom is 0.262 e. The lowest BCUT2D eigenvalue weighted by atomic mass is 10.2. The lowest BCUT2D eigenvalue weighted by Gasteiger charge is -2.12. The van der Waals surface area contributed by atoms with Crippen LogP contribution in [0.4, 0.5) is 0 Å². The zero-order valence-corrected chi connectivity index (χ0v) is 19.6. The summed E-state index contributed by atoms with van der Waals surface area (Å²) in [5, 5.41) is 7.28. The van der Waals surface area contributed by atoms with E-state index in [9.17, 15) is 9.59 Å². The third kappa shape index (κ3) is 6.93. The third-order valence-electron chi connectivity index (χ3n) is 4.45. The Bertz CT molecular complexity index is 1100. The van der Waals surface area contributed by atoms with Crippen LogP contribution >= 0.6 is 27.5 Å². The van der Waals surface area contributed by atoms with Crippen LogP contribution in [0.3, 0.4) is 0 Å². The van der Waals surface area contributed by atoms with Gasteiger partial charge in [-0.15, -0.1) is 0 Å². The van der Waals surface area contributed by atoms with Crippen LogP contribution in [0.25, 0.3) is 0 Å². The summed E-state index contributed by atoms with van der Waals surface area (Å²) in [7, 11) is 0. The SMILES string of the molecule is CC(NC(=O)c1ccccc1Br)C(=O)NN=Cc1ccc(OCc2ccc(Cl)cc2)cc1. The van der Waals surface area contributed by atoms with Gasteiger partial charge in [-0.1, -0.05) is 35.9 Å². The van der Waals surface area contributed by atoms with E-state index < -0.39 is 11.9 Å². The highest BCUT2D eigenvalue weighted by Gasteiger charge is 2.17. The van der Waals surface area contributed by atoms with Crippen LogP contribution in [0.1, 0.15) is 28.4 Å². The molecule has 32 heavy (non-hydrogen) atoms. The Morgan fingerprint density at radius 3 is 2.44 bits per heavy atom. The topological polar surface area (TPSA) is 79.8 Å². The number of nitrogens with one attached hydrogen (secondary N) is 2. The molecule has 1 unspecified atom stereocenters. The Balaban J connectivity index is 1.46. The molecule has 0 bridgehead atoms. The largest absolute Gasteiger partial charge is 0.489 e. The van der Waals surface area contributed by atoms with Gasteiger partial charge in [0, 0.05) is 9.50 Å². The first kappa shape index (κ1) is 23.5. The number of hydrogen-bond acceptors (Lipinski definition) is 4. The van der Waals surface area contributed by atoms with Crippen molar-refractivity contribution >= 4 is 45.6 Å². The highest BCUT2D eigenvalue weighted by atomic mass is 79.9. The van der Waals surface area contributed by atoms with Gasteiger partial charge in [0.25, 0.3) is 11.8 Å². The normalized spacial score (nSPS) is 11.7. The van der Waals surface area contributed by atoms with Crippen molar-refractivity contribution in [2.24, 2.45) is 5.10 Å². The predicted molar refractivity (Wildman–Crippen MR) is 129 cm³/mol. The minimum absolute atomic E-state index is 0.349. The van der Waals surface area contributed by atoms with Crippen LogP contribution in [0, 0.1) is 0 Å². The monoisotopic (exact) mass is 513 g/mol. The average Bonchev–Trinajstić information content (AvgIpc) is 2.79. The molecule has 0 aliphatic rings. The second kappa shape index (κ2) is 11.5. The minimum atomic E-state index is -0.754. The van der Waals surface area contributed by atoms with Crippen LogP contribution in [0.5, 0.6) is 5.75 Å². The van der Waals surface area contributed by atoms with Gasteiger partial charge in [0.1, 0.15) is 18.4 Å². The van der Waals surface area contributed by atoms with E-state index in [-0.39, 0.29) is 5.91 Å². The molecule has 0 aliphatic carbocycles. The van der Waals surface area contributed by atoms with E-state index >= 15 is 0 Å². The van der Waals surface area contributed by atoms with E-state index in [1.54, 1.807) is 25.1 Å². The summed E-state index contributed by atoms with van der Waals surface area (Å²) in [5.74, 6) is -0.0626. The van der Waals surface area contributed by atoms with Crippen molar-refractivity contribution in [3.05, 3.63) is 99.0 Å². The van der Waals surface area contributed by atoms with Gasteiger partial charge in [0.05, 0.1) is 11.8 Å². The molecule has 2 amide bonds. The Morgan fingerprint density at radius 2 is 1.75 bits per heavy atom. The van der Waals surface area contributed by atoms with Gasteiger partial charge in [-0.25, -0.2) is 5.43 Å². The van der Waals surface area contributed by atoms with Gasteiger partial charge in [0.2, 0.25) is 0 Å². The van der Waals surface area contributed by atoms with Gasteiger partial charge in [-0.05, 0) is 82.5 Å². The zero-order valence-electron chi connectivity index (χ0n) is 17.2. The number of amides is 2. The second-order valence-electron chi connectivity index (χ2n) is 6.89. The fourth-order valence-corrected chi connectivity index (χ4v) is 3.24. The van der Waals surface area contributed by atoms with Gasteiger partial charge >= 0.3 is 0 Å². The van der Waals surface area contributed by atoms with E-state index in [1.807, 2.05) is 54.6 Å². The van der Waals surface area contributed by atoms with Crippen LogP contribution in [0.2, 0.25) is 5.02 Å². The molecule has 6 nitrogen and oxygen atoms in total. The predicted octanol–water partition coefficient (Wildman–Crippen LogP) is 4.95. The molecule has 0 aromatic heterocycles. The van der Waals surface area contributed by atoms with E-state index in [4.69, 9.17) is 16.3 Å². The maximum atomic E-state index is 12.3. The standard InChI is InChI=1S/C24H21BrClN3O3/c1-16(28-24(31)21-4-2-3-5-22(21)25)23(30)29-27-14-17-8-12-20(13-9-17)32-15-18-6-10-19(26)11-7-18/h2-14,16H,15H2,1H3,(H,28,31)(H,29,30). The van der Waals surface area contributed by atoms with Crippen molar-refractivity contribution in [1.82, 2.24) is 10.7 Å². The van der Waals surface area contributed by atoms with Crippen LogP contribution in [-0.4, -0.2) is 24.1 Å². The van der Waals surface area contributed by atoms with Crippen LogP contribution in [-0.2, 0) is 11.4 Å². The van der Waals surface area contributed by atoms with Gasteiger partial charge in [0.15, 0.2) is 0 Å². The molecular formula is C24H21BrClN3O3. The first-order chi connectivity index (χ1) is 15.4. The Morgan fingerprint density at radius 1 is 1.06 bits per heavy atom. The maximum absolute atomic E-state index is 12.3. The van der Waals surface area contributed by atoms with E-state index in [0.717, 1.165) is 11.1 Å². The third-order valence-corrected chi connectivity index (χ3v) is 5.39. The molecular weight excluding hydrogens is 494 g/mol. The van der Waals surface area contributed by atoms with Gasteiger partial charge in [-0.2, -0.15) is 5.10 Å². The van der Waals surface area contributed by atoms with Crippen molar-refractivity contribution < 1.29 is 14.3 Å². The number of halogens is 2. The Kier molecular flexibility index (Phi) is 8.41. The smallest absolute Gasteiger partial charge is 0.262 e. The molecule has 0 heterocycles. The fourth-order valence-electron chi connectivity index (χ4n) is 2.65. The number of benzene rings is 3. The molecule has 8 heteroatoms. The first-order valence-electron chi connectivity index (χ1n) is 9.78. The van der Waals surface area contributed by atoms with Gasteiger partial charge in [-0.3, -0.25) is 9.59 Å². The molecule has 164 valence electrons.